The van der Waals surface area contributed by atoms with Crippen LogP contribution in [0.3, 0.4) is 0 Å². The van der Waals surface area contributed by atoms with E-state index in [4.69, 9.17) is 4.74 Å². The molecule has 0 aliphatic carbocycles. The Morgan fingerprint density at radius 2 is 1.79 bits per heavy atom. The number of halogens is 3. The van der Waals surface area contributed by atoms with E-state index in [9.17, 15) is 13.2 Å². The molecule has 2 rings (SSSR count). The molecule has 0 aromatic heterocycles. The summed E-state index contributed by atoms with van der Waals surface area (Å²) in [4.78, 5) is 0. The molecule has 76 valence electrons. The van der Waals surface area contributed by atoms with Gasteiger partial charge in [-0.2, -0.15) is 13.2 Å². The van der Waals surface area contributed by atoms with Gasteiger partial charge in [0, 0.05) is 0 Å². The summed E-state index contributed by atoms with van der Waals surface area (Å²) in [6.45, 7) is -0.219. The highest BCUT2D eigenvalue weighted by Gasteiger charge is 2.51. The first-order valence-electron chi connectivity index (χ1n) is 4.32. The third-order valence-corrected chi connectivity index (χ3v) is 2.37. The van der Waals surface area contributed by atoms with Crippen LogP contribution in [-0.2, 0) is 4.74 Å². The molecule has 1 aromatic carbocycles. The third-order valence-electron chi connectivity index (χ3n) is 2.37. The van der Waals surface area contributed by atoms with Crippen LogP contribution in [0.2, 0.25) is 0 Å². The summed E-state index contributed by atoms with van der Waals surface area (Å²) >= 11 is 0. The van der Waals surface area contributed by atoms with Gasteiger partial charge in [0.1, 0.15) is 5.92 Å². The summed E-state index contributed by atoms with van der Waals surface area (Å²) in [6.07, 6.45) is -4.96. The summed E-state index contributed by atoms with van der Waals surface area (Å²) in [5, 5.41) is 0. The van der Waals surface area contributed by atoms with Gasteiger partial charge in [0.25, 0.3) is 0 Å². The van der Waals surface area contributed by atoms with Crippen molar-refractivity contribution in [3.05, 3.63) is 35.9 Å². The van der Waals surface area contributed by atoms with E-state index < -0.39 is 18.2 Å². The van der Waals surface area contributed by atoms with Crippen molar-refractivity contribution in [3.63, 3.8) is 0 Å². The van der Waals surface area contributed by atoms with E-state index in [1.165, 1.54) is 0 Å². The highest BCUT2D eigenvalue weighted by Crippen LogP contribution is 2.45. The molecule has 0 spiro atoms. The second-order valence-corrected chi connectivity index (χ2v) is 3.31. The molecule has 0 radical (unpaired) electrons. The SMILES string of the molecule is FC(F)(F)C1COC1c1ccccc1. The average molecular weight is 202 g/mol. The lowest BCUT2D eigenvalue weighted by Gasteiger charge is -2.38. The average Bonchev–Trinajstić information content (AvgIpc) is 2.00. The topological polar surface area (TPSA) is 9.23 Å². The molecule has 1 saturated heterocycles. The Morgan fingerprint density at radius 3 is 2.21 bits per heavy atom. The van der Waals surface area contributed by atoms with Gasteiger partial charge in [-0.05, 0) is 5.56 Å². The predicted molar refractivity (Wildman–Crippen MR) is 44.7 cm³/mol. The van der Waals surface area contributed by atoms with Crippen LogP contribution in [0, 0.1) is 5.92 Å². The van der Waals surface area contributed by atoms with Crippen LogP contribution in [0.1, 0.15) is 11.7 Å². The summed E-state index contributed by atoms with van der Waals surface area (Å²) in [5.74, 6) is -1.34. The summed E-state index contributed by atoms with van der Waals surface area (Å²) in [7, 11) is 0. The van der Waals surface area contributed by atoms with Crippen LogP contribution in [0.4, 0.5) is 13.2 Å². The van der Waals surface area contributed by atoms with Crippen LogP contribution in [-0.4, -0.2) is 12.8 Å². The summed E-state index contributed by atoms with van der Waals surface area (Å²) in [5.41, 5.74) is 0.598. The molecule has 1 fully saturated rings. The van der Waals surface area contributed by atoms with Gasteiger partial charge in [0.2, 0.25) is 0 Å². The van der Waals surface area contributed by atoms with E-state index in [0.717, 1.165) is 0 Å². The minimum Gasteiger partial charge on any atom is -0.372 e. The quantitative estimate of drug-likeness (QED) is 0.680. The maximum atomic E-state index is 12.4. The number of alkyl halides is 3. The minimum absolute atomic E-state index is 0.219. The van der Waals surface area contributed by atoms with Gasteiger partial charge < -0.3 is 4.74 Å². The van der Waals surface area contributed by atoms with Crippen molar-refractivity contribution in [2.75, 3.05) is 6.61 Å². The lowest BCUT2D eigenvalue weighted by molar-refractivity contribution is -0.276. The molecule has 1 aromatic rings. The first-order chi connectivity index (χ1) is 6.59. The predicted octanol–water partition coefficient (Wildman–Crippen LogP) is 2.94. The van der Waals surface area contributed by atoms with Gasteiger partial charge in [-0.25, -0.2) is 0 Å². The van der Waals surface area contributed by atoms with Crippen molar-refractivity contribution in [1.82, 2.24) is 0 Å². The lowest BCUT2D eigenvalue weighted by atomic mass is 9.91. The smallest absolute Gasteiger partial charge is 0.372 e. The van der Waals surface area contributed by atoms with Crippen LogP contribution < -0.4 is 0 Å². The molecule has 2 unspecified atom stereocenters. The van der Waals surface area contributed by atoms with E-state index in [1.54, 1.807) is 30.3 Å². The maximum Gasteiger partial charge on any atom is 0.396 e. The first-order valence-corrected chi connectivity index (χ1v) is 4.32. The normalized spacial score (nSPS) is 27.1. The van der Waals surface area contributed by atoms with Gasteiger partial charge in [-0.3, -0.25) is 0 Å². The molecule has 0 bridgehead atoms. The van der Waals surface area contributed by atoms with Crippen molar-refractivity contribution in [3.8, 4) is 0 Å². The minimum atomic E-state index is -4.15. The molecule has 1 nitrogen and oxygen atoms in total. The van der Waals surface area contributed by atoms with Crippen molar-refractivity contribution in [2.24, 2.45) is 5.92 Å². The molecule has 14 heavy (non-hydrogen) atoms. The number of ether oxygens (including phenoxy) is 1. The van der Waals surface area contributed by atoms with E-state index in [1.807, 2.05) is 0 Å². The number of hydrogen-bond acceptors (Lipinski definition) is 1. The second kappa shape index (κ2) is 3.28. The zero-order chi connectivity index (χ0) is 10.2. The maximum absolute atomic E-state index is 12.4. The highest BCUT2D eigenvalue weighted by molar-refractivity contribution is 5.20. The third kappa shape index (κ3) is 1.62. The molecular formula is C10H9F3O. The number of hydrogen-bond donors (Lipinski definition) is 0. The molecule has 2 atom stereocenters. The largest absolute Gasteiger partial charge is 0.396 e. The van der Waals surface area contributed by atoms with E-state index in [2.05, 4.69) is 0 Å². The summed E-state index contributed by atoms with van der Waals surface area (Å²) < 4.78 is 42.0. The number of benzene rings is 1. The van der Waals surface area contributed by atoms with Crippen molar-refractivity contribution < 1.29 is 17.9 Å². The van der Waals surface area contributed by atoms with Crippen LogP contribution in [0.5, 0.6) is 0 Å². The molecule has 0 N–H and O–H groups in total. The molecule has 1 aliphatic rings. The first kappa shape index (κ1) is 9.52. The molecule has 0 amide bonds. The Morgan fingerprint density at radius 1 is 1.14 bits per heavy atom. The Labute approximate surface area is 79.5 Å². The van der Waals surface area contributed by atoms with Gasteiger partial charge in [-0.15, -0.1) is 0 Å². The van der Waals surface area contributed by atoms with Crippen LogP contribution in [0.15, 0.2) is 30.3 Å². The number of rotatable bonds is 1. The molecule has 0 saturated carbocycles. The molecule has 1 aliphatic heterocycles. The zero-order valence-electron chi connectivity index (χ0n) is 7.29. The van der Waals surface area contributed by atoms with Crippen LogP contribution >= 0.6 is 0 Å². The van der Waals surface area contributed by atoms with Gasteiger partial charge in [0.15, 0.2) is 0 Å². The monoisotopic (exact) mass is 202 g/mol. The fourth-order valence-corrected chi connectivity index (χ4v) is 1.53. The fraction of sp³-hybridized carbons (Fsp3) is 0.400. The highest BCUT2D eigenvalue weighted by atomic mass is 19.4. The summed E-state index contributed by atoms with van der Waals surface area (Å²) in [6, 6.07) is 8.50. The molecule has 4 heteroatoms. The molecule has 1 heterocycles. The van der Waals surface area contributed by atoms with Crippen molar-refractivity contribution >= 4 is 0 Å². The Bertz CT molecular complexity index is 307. The molecular weight excluding hydrogens is 193 g/mol. The lowest BCUT2D eigenvalue weighted by Crippen LogP contribution is -2.42. The van der Waals surface area contributed by atoms with Crippen molar-refractivity contribution in [2.45, 2.75) is 12.3 Å². The Kier molecular flexibility index (Phi) is 2.23. The van der Waals surface area contributed by atoms with E-state index in [0.29, 0.717) is 5.56 Å². The zero-order valence-corrected chi connectivity index (χ0v) is 7.29. The van der Waals surface area contributed by atoms with Crippen LogP contribution in [0.25, 0.3) is 0 Å². The van der Waals surface area contributed by atoms with E-state index in [-0.39, 0.29) is 6.61 Å². The Balaban J connectivity index is 2.15. The Hall–Kier alpha value is -1.03. The van der Waals surface area contributed by atoms with Crippen molar-refractivity contribution in [1.29, 1.82) is 0 Å². The van der Waals surface area contributed by atoms with Gasteiger partial charge in [0.05, 0.1) is 12.7 Å². The van der Waals surface area contributed by atoms with Gasteiger partial charge >= 0.3 is 6.18 Å². The fourth-order valence-electron chi connectivity index (χ4n) is 1.53. The van der Waals surface area contributed by atoms with E-state index >= 15 is 0 Å². The standard InChI is InChI=1S/C10H9F3O/c11-10(12,13)8-6-14-9(8)7-4-2-1-3-5-7/h1-5,8-9H,6H2. The van der Waals surface area contributed by atoms with Gasteiger partial charge in [-0.1, -0.05) is 30.3 Å². The second-order valence-electron chi connectivity index (χ2n) is 3.31.